The van der Waals surface area contributed by atoms with E-state index in [2.05, 4.69) is 11.9 Å². The van der Waals surface area contributed by atoms with Gasteiger partial charge in [-0.25, -0.2) is 4.79 Å². The summed E-state index contributed by atoms with van der Waals surface area (Å²) in [6, 6.07) is 3.41. The molecule has 1 aromatic rings. The first-order valence-corrected chi connectivity index (χ1v) is 6.25. The van der Waals surface area contributed by atoms with E-state index < -0.39 is 16.9 Å². The first kappa shape index (κ1) is 15.2. The number of nitro groups is 1. The Morgan fingerprint density at radius 2 is 2.18 bits per heavy atom. The monoisotopic (exact) mass is 303 g/mol. The highest BCUT2D eigenvalue weighted by Crippen LogP contribution is 2.27. The van der Waals surface area contributed by atoms with Crippen LogP contribution in [0.15, 0.2) is 36.6 Å². The summed E-state index contributed by atoms with van der Waals surface area (Å²) in [5.41, 5.74) is 0.193. The van der Waals surface area contributed by atoms with Gasteiger partial charge in [0.25, 0.3) is 11.6 Å². The molecular weight excluding hydrogens is 290 g/mol. The van der Waals surface area contributed by atoms with Crippen molar-refractivity contribution in [2.45, 2.75) is 0 Å². The van der Waals surface area contributed by atoms with Gasteiger partial charge in [-0.3, -0.25) is 19.8 Å². The number of carbonyl (C=O) groups is 2. The van der Waals surface area contributed by atoms with Crippen molar-refractivity contribution in [2.24, 2.45) is 0 Å². The van der Waals surface area contributed by atoms with Crippen LogP contribution in [0, 0.1) is 10.1 Å². The third kappa shape index (κ3) is 2.80. The van der Waals surface area contributed by atoms with Gasteiger partial charge in [0.1, 0.15) is 11.4 Å². The van der Waals surface area contributed by atoms with Crippen LogP contribution in [0.5, 0.6) is 5.75 Å². The fraction of sp³-hybridized carbons (Fsp3) is 0.143. The van der Waals surface area contributed by atoms with Crippen molar-refractivity contribution in [3.05, 3.63) is 52.2 Å². The number of imide groups is 1. The van der Waals surface area contributed by atoms with E-state index in [0.29, 0.717) is 11.3 Å². The summed E-state index contributed by atoms with van der Waals surface area (Å²) in [6.45, 7) is 3.55. The minimum absolute atomic E-state index is 0.0191. The van der Waals surface area contributed by atoms with Gasteiger partial charge in [0.15, 0.2) is 0 Å². The molecule has 0 atom stereocenters. The number of nitrogens with one attached hydrogen (secondary N) is 1. The lowest BCUT2D eigenvalue weighted by Crippen LogP contribution is -2.30. The van der Waals surface area contributed by atoms with E-state index in [4.69, 9.17) is 4.74 Å². The Bertz CT molecular complexity index is 696. The molecule has 1 N–H and O–H groups in total. The number of ether oxygens (including phenoxy) is 1. The molecule has 0 radical (unpaired) electrons. The standard InChI is InChI=1S/C14H13N3O5/c1-3-6-16-13(18)11(15-14(16)19)8-9-7-10(17(20)21)4-5-12(9)22-2/h3-5,7-8H,1,6H2,2H3,(H,15,19)/b11-8+. The quantitative estimate of drug-likeness (QED) is 0.293. The van der Waals surface area contributed by atoms with Gasteiger partial charge in [-0.15, -0.1) is 6.58 Å². The molecule has 0 aromatic heterocycles. The summed E-state index contributed by atoms with van der Waals surface area (Å²) >= 11 is 0. The average Bonchev–Trinajstić information content (AvgIpc) is 2.75. The Hall–Kier alpha value is -3.16. The maximum atomic E-state index is 12.1. The number of hydrogen-bond donors (Lipinski definition) is 1. The first-order valence-electron chi connectivity index (χ1n) is 6.25. The predicted octanol–water partition coefficient (Wildman–Crippen LogP) is 1.68. The molecule has 1 fully saturated rings. The van der Waals surface area contributed by atoms with E-state index >= 15 is 0 Å². The van der Waals surface area contributed by atoms with E-state index in [1.807, 2.05) is 0 Å². The van der Waals surface area contributed by atoms with E-state index in [0.717, 1.165) is 4.90 Å². The molecule has 0 spiro atoms. The third-order valence-corrected chi connectivity index (χ3v) is 3.00. The van der Waals surface area contributed by atoms with Crippen molar-refractivity contribution in [3.8, 4) is 5.75 Å². The number of carbonyl (C=O) groups excluding carboxylic acids is 2. The lowest BCUT2D eigenvalue weighted by atomic mass is 10.1. The normalized spacial score (nSPS) is 15.9. The lowest BCUT2D eigenvalue weighted by molar-refractivity contribution is -0.384. The predicted molar refractivity (Wildman–Crippen MR) is 78.1 cm³/mol. The second kappa shape index (κ2) is 6.08. The van der Waals surface area contributed by atoms with Gasteiger partial charge in [-0.2, -0.15) is 0 Å². The van der Waals surface area contributed by atoms with Crippen molar-refractivity contribution >= 4 is 23.7 Å². The van der Waals surface area contributed by atoms with Crippen LogP contribution in [0.4, 0.5) is 10.5 Å². The van der Waals surface area contributed by atoms with E-state index in [9.17, 15) is 19.7 Å². The molecule has 8 heteroatoms. The van der Waals surface area contributed by atoms with Crippen LogP contribution in [0.2, 0.25) is 0 Å². The van der Waals surface area contributed by atoms with Crippen LogP contribution in [0.3, 0.4) is 0 Å². The zero-order valence-corrected chi connectivity index (χ0v) is 11.7. The number of benzene rings is 1. The number of urea groups is 1. The summed E-state index contributed by atoms with van der Waals surface area (Å²) in [5, 5.41) is 13.2. The van der Waals surface area contributed by atoms with Crippen LogP contribution in [-0.4, -0.2) is 35.4 Å². The average molecular weight is 303 g/mol. The molecule has 0 aliphatic carbocycles. The van der Waals surface area contributed by atoms with Crippen LogP contribution < -0.4 is 10.1 Å². The summed E-state index contributed by atoms with van der Waals surface area (Å²) < 4.78 is 5.11. The summed E-state index contributed by atoms with van der Waals surface area (Å²) in [7, 11) is 1.41. The molecule has 3 amide bonds. The topological polar surface area (TPSA) is 102 Å². The fourth-order valence-electron chi connectivity index (χ4n) is 1.97. The van der Waals surface area contributed by atoms with Crippen molar-refractivity contribution < 1.29 is 19.2 Å². The largest absolute Gasteiger partial charge is 0.496 e. The van der Waals surface area contributed by atoms with Crippen molar-refractivity contribution in [3.63, 3.8) is 0 Å². The maximum Gasteiger partial charge on any atom is 0.329 e. The Morgan fingerprint density at radius 3 is 2.77 bits per heavy atom. The summed E-state index contributed by atoms with van der Waals surface area (Å²) in [6.07, 6.45) is 2.77. The minimum atomic E-state index is -0.569. The molecule has 0 bridgehead atoms. The first-order chi connectivity index (χ1) is 10.5. The SMILES string of the molecule is C=CCN1C(=O)N/C(=C/c2cc([N+](=O)[O-])ccc2OC)C1=O. The van der Waals surface area contributed by atoms with Gasteiger partial charge in [-0.05, 0) is 12.1 Å². The van der Waals surface area contributed by atoms with E-state index in [-0.39, 0.29) is 17.9 Å². The van der Waals surface area contributed by atoms with Gasteiger partial charge in [0.05, 0.1) is 12.0 Å². The Balaban J connectivity index is 2.42. The molecule has 1 saturated heterocycles. The molecular formula is C14H13N3O5. The van der Waals surface area contributed by atoms with Gasteiger partial charge >= 0.3 is 6.03 Å². The maximum absolute atomic E-state index is 12.1. The number of nitro benzene ring substituents is 1. The highest BCUT2D eigenvalue weighted by molar-refractivity contribution is 6.14. The molecule has 1 aliphatic heterocycles. The molecule has 1 aliphatic rings. The third-order valence-electron chi connectivity index (χ3n) is 3.00. The van der Waals surface area contributed by atoms with Crippen LogP contribution in [-0.2, 0) is 4.79 Å². The smallest absolute Gasteiger partial charge is 0.329 e. The van der Waals surface area contributed by atoms with Crippen molar-refractivity contribution in [2.75, 3.05) is 13.7 Å². The van der Waals surface area contributed by atoms with E-state index in [1.54, 1.807) is 0 Å². The number of methoxy groups -OCH3 is 1. The molecule has 0 saturated carbocycles. The number of non-ortho nitro benzene ring substituents is 1. The highest BCUT2D eigenvalue weighted by Gasteiger charge is 2.32. The van der Waals surface area contributed by atoms with Crippen LogP contribution in [0.25, 0.3) is 6.08 Å². The molecule has 1 heterocycles. The zero-order valence-electron chi connectivity index (χ0n) is 11.7. The Labute approximate surface area is 125 Å². The van der Waals surface area contributed by atoms with Crippen molar-refractivity contribution in [1.29, 1.82) is 0 Å². The molecule has 114 valence electrons. The summed E-state index contributed by atoms with van der Waals surface area (Å²) in [4.78, 5) is 35.0. The number of amides is 3. The number of hydrogen-bond acceptors (Lipinski definition) is 5. The van der Waals surface area contributed by atoms with Gasteiger partial charge in [0.2, 0.25) is 0 Å². The van der Waals surface area contributed by atoms with Gasteiger partial charge < -0.3 is 10.1 Å². The van der Waals surface area contributed by atoms with Crippen molar-refractivity contribution in [1.82, 2.24) is 10.2 Å². The van der Waals surface area contributed by atoms with Crippen LogP contribution in [0.1, 0.15) is 5.56 Å². The lowest BCUT2D eigenvalue weighted by Gasteiger charge is -2.07. The Kier molecular flexibility index (Phi) is 4.21. The highest BCUT2D eigenvalue weighted by atomic mass is 16.6. The molecule has 1 aromatic carbocycles. The summed E-state index contributed by atoms with van der Waals surface area (Å²) in [5.74, 6) is -0.180. The van der Waals surface area contributed by atoms with Gasteiger partial charge in [-0.1, -0.05) is 6.08 Å². The zero-order chi connectivity index (χ0) is 16.3. The molecule has 2 rings (SSSR count). The Morgan fingerprint density at radius 1 is 1.45 bits per heavy atom. The fourth-order valence-corrected chi connectivity index (χ4v) is 1.97. The molecule has 0 unspecified atom stereocenters. The molecule has 8 nitrogen and oxygen atoms in total. The number of rotatable bonds is 5. The van der Waals surface area contributed by atoms with Gasteiger partial charge in [0, 0.05) is 24.2 Å². The minimum Gasteiger partial charge on any atom is -0.496 e. The second-order valence-electron chi connectivity index (χ2n) is 4.38. The van der Waals surface area contributed by atoms with Crippen LogP contribution >= 0.6 is 0 Å². The number of nitrogens with zero attached hydrogens (tertiary/aromatic N) is 2. The molecule has 22 heavy (non-hydrogen) atoms. The van der Waals surface area contributed by atoms with E-state index in [1.165, 1.54) is 37.5 Å². The second-order valence-corrected chi connectivity index (χ2v) is 4.38.